The summed E-state index contributed by atoms with van der Waals surface area (Å²) in [5.41, 5.74) is 3.68. The fraction of sp³-hybridized carbons (Fsp3) is 0.174. The highest BCUT2D eigenvalue weighted by atomic mass is 35.5. The van der Waals surface area contributed by atoms with Crippen LogP contribution in [0.3, 0.4) is 0 Å². The predicted octanol–water partition coefficient (Wildman–Crippen LogP) is 5.10. The summed E-state index contributed by atoms with van der Waals surface area (Å²) in [6.45, 7) is 5.25. The van der Waals surface area contributed by atoms with E-state index in [0.717, 1.165) is 21.0 Å². The Labute approximate surface area is 182 Å². The monoisotopic (exact) mass is 442 g/mol. The Kier molecular flexibility index (Phi) is 6.48. The molecule has 0 unspecified atom stereocenters. The number of anilines is 2. The molecule has 156 valence electrons. The number of carbonyl (C=O) groups is 1. The smallest absolute Gasteiger partial charge is 0.264 e. The summed E-state index contributed by atoms with van der Waals surface area (Å²) in [6.07, 6.45) is 0. The van der Waals surface area contributed by atoms with Crippen LogP contribution < -0.4 is 9.62 Å². The Bertz CT molecular complexity index is 1180. The van der Waals surface area contributed by atoms with Crippen molar-refractivity contribution in [1.29, 1.82) is 0 Å². The Hall–Kier alpha value is -2.83. The number of benzene rings is 3. The summed E-state index contributed by atoms with van der Waals surface area (Å²) in [7, 11) is -3.98. The van der Waals surface area contributed by atoms with E-state index in [0.29, 0.717) is 16.4 Å². The number of hydrogen-bond donors (Lipinski definition) is 1. The van der Waals surface area contributed by atoms with E-state index < -0.39 is 15.9 Å². The van der Waals surface area contributed by atoms with Gasteiger partial charge in [-0.1, -0.05) is 48.0 Å². The fourth-order valence-electron chi connectivity index (χ4n) is 2.96. The highest BCUT2D eigenvalue weighted by Gasteiger charge is 2.27. The molecule has 0 aromatic heterocycles. The van der Waals surface area contributed by atoms with Gasteiger partial charge in [0.15, 0.2) is 0 Å². The fourth-order valence-corrected chi connectivity index (χ4v) is 4.57. The minimum atomic E-state index is -3.98. The average molecular weight is 443 g/mol. The molecule has 0 aliphatic rings. The second-order valence-corrected chi connectivity index (χ2v) is 9.39. The number of nitrogens with one attached hydrogen (secondary N) is 1. The van der Waals surface area contributed by atoms with Gasteiger partial charge in [-0.05, 0) is 67.8 Å². The van der Waals surface area contributed by atoms with Crippen molar-refractivity contribution in [1.82, 2.24) is 0 Å². The van der Waals surface area contributed by atoms with E-state index in [1.807, 2.05) is 39.0 Å². The van der Waals surface area contributed by atoms with Crippen LogP contribution in [0.15, 0.2) is 71.6 Å². The third-order valence-electron chi connectivity index (χ3n) is 4.73. The third-order valence-corrected chi connectivity index (χ3v) is 6.92. The van der Waals surface area contributed by atoms with Crippen molar-refractivity contribution >= 4 is 38.9 Å². The van der Waals surface area contributed by atoms with E-state index in [-0.39, 0.29) is 11.4 Å². The Morgan fingerprint density at radius 3 is 2.27 bits per heavy atom. The van der Waals surface area contributed by atoms with Gasteiger partial charge in [-0.3, -0.25) is 9.10 Å². The zero-order valence-electron chi connectivity index (χ0n) is 17.0. The van der Waals surface area contributed by atoms with Gasteiger partial charge >= 0.3 is 0 Å². The molecule has 0 fully saturated rings. The van der Waals surface area contributed by atoms with Crippen LogP contribution in [0.25, 0.3) is 0 Å². The molecule has 0 saturated heterocycles. The van der Waals surface area contributed by atoms with E-state index >= 15 is 0 Å². The molecule has 0 spiro atoms. The predicted molar refractivity (Wildman–Crippen MR) is 122 cm³/mol. The molecule has 0 aliphatic heterocycles. The molecule has 1 amide bonds. The molecule has 3 aromatic carbocycles. The van der Waals surface area contributed by atoms with Crippen molar-refractivity contribution in [3.63, 3.8) is 0 Å². The standard InChI is InChI=1S/C23H23ClN2O3S/c1-16-9-10-18(3)22(13-16)25-23(27)15-26(19-12-11-17(2)21(24)14-19)30(28,29)20-7-5-4-6-8-20/h4-14H,15H2,1-3H3,(H,25,27). The minimum Gasteiger partial charge on any atom is -0.324 e. The molecule has 3 rings (SSSR count). The zero-order chi connectivity index (χ0) is 21.9. The van der Waals surface area contributed by atoms with Gasteiger partial charge in [0.25, 0.3) is 10.0 Å². The van der Waals surface area contributed by atoms with Crippen LogP contribution >= 0.6 is 11.6 Å². The maximum atomic E-state index is 13.3. The summed E-state index contributed by atoms with van der Waals surface area (Å²) < 4.78 is 27.8. The maximum Gasteiger partial charge on any atom is 0.264 e. The first-order valence-corrected chi connectivity index (χ1v) is 11.2. The second kappa shape index (κ2) is 8.90. The number of rotatable bonds is 6. The highest BCUT2D eigenvalue weighted by Crippen LogP contribution is 2.28. The zero-order valence-corrected chi connectivity index (χ0v) is 18.6. The topological polar surface area (TPSA) is 66.5 Å². The van der Waals surface area contributed by atoms with Gasteiger partial charge in [-0.2, -0.15) is 0 Å². The normalized spacial score (nSPS) is 11.2. The Balaban J connectivity index is 1.98. The Morgan fingerprint density at radius 2 is 1.60 bits per heavy atom. The summed E-state index contributed by atoms with van der Waals surface area (Å²) in [5.74, 6) is -0.445. The van der Waals surface area contributed by atoms with Crippen molar-refractivity contribution in [2.24, 2.45) is 0 Å². The first kappa shape index (κ1) is 21.9. The van der Waals surface area contributed by atoms with Crippen LogP contribution in [0.5, 0.6) is 0 Å². The van der Waals surface area contributed by atoms with E-state index in [2.05, 4.69) is 5.32 Å². The van der Waals surface area contributed by atoms with Crippen LogP contribution in [-0.2, 0) is 14.8 Å². The number of aryl methyl sites for hydroxylation is 3. The largest absolute Gasteiger partial charge is 0.324 e. The Morgan fingerprint density at radius 1 is 0.933 bits per heavy atom. The quantitative estimate of drug-likeness (QED) is 0.577. The molecule has 0 atom stereocenters. The first-order chi connectivity index (χ1) is 14.2. The molecule has 5 nitrogen and oxygen atoms in total. The lowest BCUT2D eigenvalue weighted by molar-refractivity contribution is -0.114. The molecule has 0 saturated carbocycles. The summed E-state index contributed by atoms with van der Waals surface area (Å²) in [5, 5.41) is 3.25. The van der Waals surface area contributed by atoms with Gasteiger partial charge in [-0.15, -0.1) is 0 Å². The van der Waals surface area contributed by atoms with Crippen molar-refractivity contribution in [2.45, 2.75) is 25.7 Å². The average Bonchev–Trinajstić information content (AvgIpc) is 2.71. The summed E-state index contributed by atoms with van der Waals surface area (Å²) in [6, 6.07) is 18.7. The van der Waals surface area contributed by atoms with Gasteiger partial charge in [0, 0.05) is 10.7 Å². The summed E-state index contributed by atoms with van der Waals surface area (Å²) >= 11 is 6.24. The molecule has 30 heavy (non-hydrogen) atoms. The molecule has 0 heterocycles. The molecular weight excluding hydrogens is 420 g/mol. The van der Waals surface area contributed by atoms with Gasteiger partial charge in [0.1, 0.15) is 6.54 Å². The molecule has 3 aromatic rings. The van der Waals surface area contributed by atoms with E-state index in [1.54, 1.807) is 36.4 Å². The lowest BCUT2D eigenvalue weighted by atomic mass is 10.1. The number of carbonyl (C=O) groups excluding carboxylic acids is 1. The van der Waals surface area contributed by atoms with Crippen LogP contribution in [0.2, 0.25) is 5.02 Å². The summed E-state index contributed by atoms with van der Waals surface area (Å²) in [4.78, 5) is 12.9. The van der Waals surface area contributed by atoms with Gasteiger partial charge < -0.3 is 5.32 Å². The number of halogens is 1. The molecule has 0 radical (unpaired) electrons. The number of hydrogen-bond acceptors (Lipinski definition) is 3. The van der Waals surface area contributed by atoms with E-state index in [4.69, 9.17) is 11.6 Å². The van der Waals surface area contributed by atoms with Gasteiger partial charge in [-0.25, -0.2) is 8.42 Å². The molecular formula is C23H23ClN2O3S. The minimum absolute atomic E-state index is 0.0984. The second-order valence-electron chi connectivity index (χ2n) is 7.12. The number of nitrogens with zero attached hydrogens (tertiary/aromatic N) is 1. The maximum absolute atomic E-state index is 13.3. The van der Waals surface area contributed by atoms with Crippen molar-refractivity contribution in [3.8, 4) is 0 Å². The van der Waals surface area contributed by atoms with Crippen LogP contribution in [0.1, 0.15) is 16.7 Å². The van der Waals surface area contributed by atoms with Crippen LogP contribution in [0.4, 0.5) is 11.4 Å². The lowest BCUT2D eigenvalue weighted by Gasteiger charge is -2.25. The van der Waals surface area contributed by atoms with Crippen molar-refractivity contribution in [3.05, 3.63) is 88.4 Å². The molecule has 1 N–H and O–H groups in total. The SMILES string of the molecule is Cc1ccc(C)c(NC(=O)CN(c2ccc(C)c(Cl)c2)S(=O)(=O)c2ccccc2)c1. The van der Waals surface area contributed by atoms with E-state index in [9.17, 15) is 13.2 Å². The van der Waals surface area contributed by atoms with Crippen molar-refractivity contribution < 1.29 is 13.2 Å². The van der Waals surface area contributed by atoms with Gasteiger partial charge in [0.05, 0.1) is 10.6 Å². The first-order valence-electron chi connectivity index (χ1n) is 9.39. The number of sulfonamides is 1. The third kappa shape index (κ3) is 4.83. The van der Waals surface area contributed by atoms with Crippen LogP contribution in [0, 0.1) is 20.8 Å². The van der Waals surface area contributed by atoms with E-state index in [1.165, 1.54) is 12.1 Å². The molecule has 0 aliphatic carbocycles. The lowest BCUT2D eigenvalue weighted by Crippen LogP contribution is -2.38. The van der Waals surface area contributed by atoms with Crippen molar-refractivity contribution in [2.75, 3.05) is 16.2 Å². The number of amides is 1. The van der Waals surface area contributed by atoms with Crippen LogP contribution in [-0.4, -0.2) is 20.9 Å². The molecule has 0 bridgehead atoms. The van der Waals surface area contributed by atoms with Gasteiger partial charge in [0.2, 0.25) is 5.91 Å². The molecule has 7 heteroatoms. The highest BCUT2D eigenvalue weighted by molar-refractivity contribution is 7.92.